The van der Waals surface area contributed by atoms with Crippen LogP contribution in [0.25, 0.3) is 0 Å². The van der Waals surface area contributed by atoms with Crippen molar-refractivity contribution in [1.82, 2.24) is 4.90 Å². The zero-order valence-corrected chi connectivity index (χ0v) is 12.9. The van der Waals surface area contributed by atoms with Crippen molar-refractivity contribution < 1.29 is 0 Å². The van der Waals surface area contributed by atoms with Crippen molar-refractivity contribution in [2.75, 3.05) is 20.1 Å². The van der Waals surface area contributed by atoms with Crippen LogP contribution in [0.5, 0.6) is 0 Å². The lowest BCUT2D eigenvalue weighted by Gasteiger charge is -2.09. The molecule has 1 atom stereocenters. The van der Waals surface area contributed by atoms with Gasteiger partial charge in [0.05, 0.1) is 0 Å². The highest BCUT2D eigenvalue weighted by molar-refractivity contribution is 4.72. The Balaban J connectivity index is 1.73. The molecule has 1 saturated heterocycles. The van der Waals surface area contributed by atoms with Gasteiger partial charge in [-0.25, -0.2) is 0 Å². The molecule has 0 aromatic carbocycles. The highest BCUT2D eigenvalue weighted by atomic mass is 15.1. The average molecular weight is 253 g/mol. The fourth-order valence-electron chi connectivity index (χ4n) is 3.18. The molecular formula is C17H35N. The molecule has 1 aliphatic rings. The molecule has 1 unspecified atom stereocenters. The van der Waals surface area contributed by atoms with E-state index < -0.39 is 0 Å². The SMILES string of the molecule is CCCCCCCCCCCCC1CCN(C)C1. The van der Waals surface area contributed by atoms with E-state index in [2.05, 4.69) is 18.9 Å². The summed E-state index contributed by atoms with van der Waals surface area (Å²) in [5.74, 6) is 1.02. The molecule has 1 rings (SSSR count). The van der Waals surface area contributed by atoms with Crippen LogP contribution in [0, 0.1) is 5.92 Å². The van der Waals surface area contributed by atoms with Gasteiger partial charge in [-0.15, -0.1) is 0 Å². The van der Waals surface area contributed by atoms with E-state index in [0.29, 0.717) is 0 Å². The predicted octanol–water partition coefficient (Wildman–Crippen LogP) is 5.25. The van der Waals surface area contributed by atoms with Crippen molar-refractivity contribution >= 4 is 0 Å². The van der Waals surface area contributed by atoms with Gasteiger partial charge in [0.15, 0.2) is 0 Å². The van der Waals surface area contributed by atoms with Crippen molar-refractivity contribution in [1.29, 1.82) is 0 Å². The predicted molar refractivity (Wildman–Crippen MR) is 82.1 cm³/mol. The second-order valence-corrected chi connectivity index (χ2v) is 6.39. The molecule has 1 heteroatoms. The smallest absolute Gasteiger partial charge is 0.000708 e. The minimum Gasteiger partial charge on any atom is -0.306 e. The molecular weight excluding hydrogens is 218 g/mol. The summed E-state index contributed by atoms with van der Waals surface area (Å²) in [5, 5.41) is 0. The van der Waals surface area contributed by atoms with Gasteiger partial charge in [-0.2, -0.15) is 0 Å². The number of rotatable bonds is 11. The molecule has 0 radical (unpaired) electrons. The number of hydrogen-bond acceptors (Lipinski definition) is 1. The average Bonchev–Trinajstić information content (AvgIpc) is 2.77. The second kappa shape index (κ2) is 10.8. The first-order valence-electron chi connectivity index (χ1n) is 8.51. The molecule has 0 saturated carbocycles. The molecule has 0 bridgehead atoms. The molecule has 0 spiro atoms. The molecule has 0 aliphatic carbocycles. The second-order valence-electron chi connectivity index (χ2n) is 6.39. The number of hydrogen-bond donors (Lipinski definition) is 0. The van der Waals surface area contributed by atoms with E-state index in [1.165, 1.54) is 90.1 Å². The molecule has 1 aliphatic heterocycles. The van der Waals surface area contributed by atoms with E-state index in [1.54, 1.807) is 0 Å². The Morgan fingerprint density at radius 2 is 1.39 bits per heavy atom. The van der Waals surface area contributed by atoms with E-state index in [4.69, 9.17) is 0 Å². The summed E-state index contributed by atoms with van der Waals surface area (Å²) in [5.41, 5.74) is 0. The molecule has 0 N–H and O–H groups in total. The van der Waals surface area contributed by atoms with Gasteiger partial charge >= 0.3 is 0 Å². The quantitative estimate of drug-likeness (QED) is 0.455. The van der Waals surface area contributed by atoms with Crippen molar-refractivity contribution in [3.05, 3.63) is 0 Å². The van der Waals surface area contributed by atoms with Gasteiger partial charge in [-0.1, -0.05) is 71.1 Å². The van der Waals surface area contributed by atoms with Crippen LogP contribution < -0.4 is 0 Å². The third kappa shape index (κ3) is 8.13. The van der Waals surface area contributed by atoms with E-state index in [0.717, 1.165) is 5.92 Å². The maximum Gasteiger partial charge on any atom is 0.000708 e. The maximum atomic E-state index is 2.49. The van der Waals surface area contributed by atoms with E-state index in [9.17, 15) is 0 Å². The summed E-state index contributed by atoms with van der Waals surface area (Å²) in [6, 6.07) is 0. The Labute approximate surface area is 115 Å². The summed E-state index contributed by atoms with van der Waals surface area (Å²) < 4.78 is 0. The Morgan fingerprint density at radius 1 is 0.833 bits per heavy atom. The fourth-order valence-corrected chi connectivity index (χ4v) is 3.18. The number of likely N-dealkylation sites (tertiary alicyclic amines) is 1. The largest absolute Gasteiger partial charge is 0.306 e. The van der Waals surface area contributed by atoms with E-state index >= 15 is 0 Å². The van der Waals surface area contributed by atoms with Gasteiger partial charge in [0.1, 0.15) is 0 Å². The van der Waals surface area contributed by atoms with Crippen molar-refractivity contribution in [3.63, 3.8) is 0 Å². The van der Waals surface area contributed by atoms with Crippen LogP contribution in [0.3, 0.4) is 0 Å². The van der Waals surface area contributed by atoms with Gasteiger partial charge in [-0.3, -0.25) is 0 Å². The first-order valence-corrected chi connectivity index (χ1v) is 8.51. The van der Waals surface area contributed by atoms with Gasteiger partial charge < -0.3 is 4.90 Å². The van der Waals surface area contributed by atoms with Crippen LogP contribution in [-0.4, -0.2) is 25.0 Å². The first kappa shape index (κ1) is 16.0. The molecule has 0 aromatic rings. The highest BCUT2D eigenvalue weighted by Crippen LogP contribution is 2.21. The molecule has 0 amide bonds. The van der Waals surface area contributed by atoms with Gasteiger partial charge in [-0.05, 0) is 32.4 Å². The van der Waals surface area contributed by atoms with Crippen LogP contribution >= 0.6 is 0 Å². The van der Waals surface area contributed by atoms with Crippen LogP contribution in [-0.2, 0) is 0 Å². The van der Waals surface area contributed by atoms with Crippen LogP contribution in [0.15, 0.2) is 0 Å². The normalized spacial score (nSPS) is 20.7. The summed E-state index contributed by atoms with van der Waals surface area (Å²) in [4.78, 5) is 2.49. The molecule has 1 nitrogen and oxygen atoms in total. The fraction of sp³-hybridized carbons (Fsp3) is 1.00. The monoisotopic (exact) mass is 253 g/mol. The molecule has 1 fully saturated rings. The van der Waals surface area contributed by atoms with Crippen molar-refractivity contribution in [2.24, 2.45) is 5.92 Å². The van der Waals surface area contributed by atoms with Gasteiger partial charge in [0, 0.05) is 6.54 Å². The first-order chi connectivity index (χ1) is 8.83. The minimum absolute atomic E-state index is 1.02. The Bertz CT molecular complexity index is 178. The van der Waals surface area contributed by atoms with Gasteiger partial charge in [0.25, 0.3) is 0 Å². The maximum absolute atomic E-state index is 2.49. The molecule has 0 aromatic heterocycles. The highest BCUT2D eigenvalue weighted by Gasteiger charge is 2.18. The zero-order chi connectivity index (χ0) is 13.1. The lowest BCUT2D eigenvalue weighted by atomic mass is 9.99. The van der Waals surface area contributed by atoms with Crippen LogP contribution in [0.4, 0.5) is 0 Å². The van der Waals surface area contributed by atoms with Crippen molar-refractivity contribution in [2.45, 2.75) is 84.0 Å². The lowest BCUT2D eigenvalue weighted by Crippen LogP contribution is -2.13. The van der Waals surface area contributed by atoms with Crippen molar-refractivity contribution in [3.8, 4) is 0 Å². The Hall–Kier alpha value is -0.0400. The third-order valence-electron chi connectivity index (χ3n) is 4.45. The lowest BCUT2D eigenvalue weighted by molar-refractivity contribution is 0.381. The van der Waals surface area contributed by atoms with Crippen LogP contribution in [0.2, 0.25) is 0 Å². The van der Waals surface area contributed by atoms with E-state index in [1.807, 2.05) is 0 Å². The standard InChI is InChI=1S/C17H35N/c1-3-4-5-6-7-8-9-10-11-12-13-17-14-15-18(2)16-17/h17H,3-16H2,1-2H3. The van der Waals surface area contributed by atoms with E-state index in [-0.39, 0.29) is 0 Å². The third-order valence-corrected chi connectivity index (χ3v) is 4.45. The minimum atomic E-state index is 1.02. The Kier molecular flexibility index (Phi) is 9.65. The molecule has 18 heavy (non-hydrogen) atoms. The molecule has 108 valence electrons. The summed E-state index contributed by atoms with van der Waals surface area (Å²) in [7, 11) is 2.26. The number of unbranched alkanes of at least 4 members (excludes halogenated alkanes) is 9. The van der Waals surface area contributed by atoms with Crippen LogP contribution in [0.1, 0.15) is 84.0 Å². The Morgan fingerprint density at radius 3 is 1.89 bits per heavy atom. The summed E-state index contributed by atoms with van der Waals surface area (Å²) in [6.45, 7) is 4.99. The summed E-state index contributed by atoms with van der Waals surface area (Å²) >= 11 is 0. The zero-order valence-electron chi connectivity index (χ0n) is 12.9. The summed E-state index contributed by atoms with van der Waals surface area (Å²) in [6.07, 6.45) is 17.6. The number of nitrogens with zero attached hydrogens (tertiary/aromatic N) is 1. The van der Waals surface area contributed by atoms with Gasteiger partial charge in [0.2, 0.25) is 0 Å². The molecule has 1 heterocycles. The topological polar surface area (TPSA) is 3.24 Å².